The van der Waals surface area contributed by atoms with Gasteiger partial charge < -0.3 is 14.6 Å². The predicted molar refractivity (Wildman–Crippen MR) is 96.5 cm³/mol. The highest BCUT2D eigenvalue weighted by atomic mass is 35.5. The zero-order valence-electron chi connectivity index (χ0n) is 14.6. The van der Waals surface area contributed by atoms with E-state index < -0.39 is 35.8 Å². The van der Waals surface area contributed by atoms with E-state index in [1.807, 2.05) is 27.7 Å². The molecule has 3 rings (SSSR count). The van der Waals surface area contributed by atoms with Crippen LogP contribution in [0.2, 0.25) is 4.47 Å². The molecule has 2 aromatic rings. The van der Waals surface area contributed by atoms with Crippen molar-refractivity contribution in [3.05, 3.63) is 39.1 Å². The smallest absolute Gasteiger partial charge is 0.399 e. The van der Waals surface area contributed by atoms with E-state index in [9.17, 15) is 13.2 Å². The van der Waals surface area contributed by atoms with Crippen LogP contribution >= 0.6 is 22.9 Å². The Morgan fingerprint density at radius 1 is 1.15 bits per heavy atom. The Balaban J connectivity index is 1.96. The molecule has 1 fully saturated rings. The summed E-state index contributed by atoms with van der Waals surface area (Å²) in [5, 5.41) is 2.78. The lowest BCUT2D eigenvalue weighted by Gasteiger charge is -2.32. The standard InChI is InChI=1S/C16H17BClF3N2O2S/c1-15(2)16(3,4)25-17(24-15)9-5-10(19)11(20)12(21)13(9)22-6-8-7-23-14(18)26-8/h5,7,22H,6H2,1-4H3. The number of hydrogen-bond donors (Lipinski definition) is 1. The van der Waals surface area contributed by atoms with E-state index in [0.29, 0.717) is 9.34 Å². The zero-order valence-corrected chi connectivity index (χ0v) is 16.2. The summed E-state index contributed by atoms with van der Waals surface area (Å²) in [5.41, 5.74) is -1.58. The number of rotatable bonds is 4. The van der Waals surface area contributed by atoms with Gasteiger partial charge in [0, 0.05) is 16.5 Å². The maximum absolute atomic E-state index is 14.4. The summed E-state index contributed by atoms with van der Waals surface area (Å²) in [7, 11) is -1.04. The molecule has 1 aliphatic heterocycles. The number of thiazole rings is 1. The van der Waals surface area contributed by atoms with E-state index >= 15 is 0 Å². The van der Waals surface area contributed by atoms with Crippen molar-refractivity contribution in [2.24, 2.45) is 0 Å². The Labute approximate surface area is 158 Å². The molecule has 0 atom stereocenters. The van der Waals surface area contributed by atoms with E-state index in [0.717, 1.165) is 6.07 Å². The van der Waals surface area contributed by atoms with Crippen LogP contribution in [-0.2, 0) is 15.9 Å². The van der Waals surface area contributed by atoms with Crippen LogP contribution in [0.4, 0.5) is 18.9 Å². The van der Waals surface area contributed by atoms with Crippen LogP contribution in [0.3, 0.4) is 0 Å². The van der Waals surface area contributed by atoms with Crippen molar-refractivity contribution >= 4 is 41.2 Å². The first kappa shape index (κ1) is 19.5. The second-order valence-corrected chi connectivity index (χ2v) is 8.67. The first-order valence-electron chi connectivity index (χ1n) is 7.89. The van der Waals surface area contributed by atoms with Gasteiger partial charge in [-0.15, -0.1) is 11.3 Å². The third-order valence-corrected chi connectivity index (χ3v) is 5.78. The van der Waals surface area contributed by atoms with Gasteiger partial charge in [0.25, 0.3) is 0 Å². The van der Waals surface area contributed by atoms with Gasteiger partial charge in [0.05, 0.1) is 23.4 Å². The maximum atomic E-state index is 14.4. The number of halogens is 4. The van der Waals surface area contributed by atoms with E-state index in [1.165, 1.54) is 17.5 Å². The van der Waals surface area contributed by atoms with Crippen LogP contribution in [0.15, 0.2) is 12.3 Å². The minimum Gasteiger partial charge on any atom is -0.399 e. The van der Waals surface area contributed by atoms with Crippen LogP contribution in [0.5, 0.6) is 0 Å². The van der Waals surface area contributed by atoms with Gasteiger partial charge in [-0.1, -0.05) is 11.6 Å². The predicted octanol–water partition coefficient (Wildman–Crippen LogP) is 4.13. The largest absolute Gasteiger partial charge is 0.497 e. The Morgan fingerprint density at radius 3 is 2.31 bits per heavy atom. The summed E-state index contributed by atoms with van der Waals surface area (Å²) in [6.07, 6.45) is 1.52. The SMILES string of the molecule is CC1(C)OB(c2cc(F)c(F)c(F)c2NCc2cnc(Cl)s2)OC1(C)C. The third kappa shape index (κ3) is 3.45. The molecule has 0 aliphatic carbocycles. The van der Waals surface area contributed by atoms with Gasteiger partial charge in [0.15, 0.2) is 21.9 Å². The first-order chi connectivity index (χ1) is 12.0. The molecule has 1 aromatic carbocycles. The summed E-state index contributed by atoms with van der Waals surface area (Å²) in [4.78, 5) is 4.60. The van der Waals surface area contributed by atoms with Crippen LogP contribution in [0, 0.1) is 17.5 Å². The van der Waals surface area contributed by atoms with Gasteiger partial charge in [0.1, 0.15) is 0 Å². The first-order valence-corrected chi connectivity index (χ1v) is 9.08. The molecule has 0 saturated carbocycles. The van der Waals surface area contributed by atoms with Gasteiger partial charge in [-0.05, 0) is 33.8 Å². The molecule has 1 aliphatic rings. The fourth-order valence-electron chi connectivity index (χ4n) is 2.49. The van der Waals surface area contributed by atoms with Crippen molar-refractivity contribution in [1.82, 2.24) is 4.98 Å². The molecule has 1 aromatic heterocycles. The number of nitrogens with zero attached hydrogens (tertiary/aromatic N) is 1. The average Bonchev–Trinajstić information content (AvgIpc) is 3.04. The molecule has 1 saturated heterocycles. The van der Waals surface area contributed by atoms with Crippen LogP contribution in [0.1, 0.15) is 32.6 Å². The highest BCUT2D eigenvalue weighted by Crippen LogP contribution is 2.37. The molecule has 4 nitrogen and oxygen atoms in total. The molecule has 1 N–H and O–H groups in total. The van der Waals surface area contributed by atoms with E-state index in [4.69, 9.17) is 20.9 Å². The van der Waals surface area contributed by atoms with Crippen LogP contribution in [-0.4, -0.2) is 23.3 Å². The second kappa shape index (κ2) is 6.71. The van der Waals surface area contributed by atoms with Crippen molar-refractivity contribution in [1.29, 1.82) is 0 Å². The molecule has 2 heterocycles. The minimum absolute atomic E-state index is 0.0515. The van der Waals surface area contributed by atoms with Crippen LogP contribution < -0.4 is 10.8 Å². The fourth-order valence-corrected chi connectivity index (χ4v) is 3.41. The van der Waals surface area contributed by atoms with Crippen molar-refractivity contribution in [2.75, 3.05) is 5.32 Å². The van der Waals surface area contributed by atoms with E-state index in [2.05, 4.69) is 10.3 Å². The Hall–Kier alpha value is -1.29. The molecular weight excluding hydrogens is 388 g/mol. The molecule has 0 radical (unpaired) electrons. The molecule has 0 amide bonds. The lowest BCUT2D eigenvalue weighted by Crippen LogP contribution is -2.41. The highest BCUT2D eigenvalue weighted by molar-refractivity contribution is 7.15. The summed E-state index contributed by atoms with van der Waals surface area (Å²) in [6, 6.07) is 0.891. The lowest BCUT2D eigenvalue weighted by molar-refractivity contribution is 0.00578. The molecule has 26 heavy (non-hydrogen) atoms. The van der Waals surface area contributed by atoms with Gasteiger partial charge in [-0.2, -0.15) is 0 Å². The van der Waals surface area contributed by atoms with Crippen molar-refractivity contribution < 1.29 is 22.5 Å². The quantitative estimate of drug-likeness (QED) is 0.615. The number of benzene rings is 1. The summed E-state index contributed by atoms with van der Waals surface area (Å²) in [6.45, 7) is 7.40. The Bertz CT molecular complexity index is 831. The molecule has 140 valence electrons. The van der Waals surface area contributed by atoms with Gasteiger partial charge in [-0.3, -0.25) is 0 Å². The number of anilines is 1. The Morgan fingerprint density at radius 2 is 1.77 bits per heavy atom. The summed E-state index contributed by atoms with van der Waals surface area (Å²) >= 11 is 6.97. The number of nitrogens with one attached hydrogen (secondary N) is 1. The van der Waals surface area contributed by atoms with E-state index in [-0.39, 0.29) is 17.7 Å². The number of hydrogen-bond acceptors (Lipinski definition) is 5. The van der Waals surface area contributed by atoms with Crippen LogP contribution in [0.25, 0.3) is 0 Å². The monoisotopic (exact) mass is 404 g/mol. The van der Waals surface area contributed by atoms with Gasteiger partial charge in [0.2, 0.25) is 0 Å². The van der Waals surface area contributed by atoms with E-state index in [1.54, 1.807) is 0 Å². The maximum Gasteiger partial charge on any atom is 0.497 e. The summed E-state index contributed by atoms with van der Waals surface area (Å²) < 4.78 is 54.1. The zero-order chi connectivity index (χ0) is 19.3. The van der Waals surface area contributed by atoms with Crippen molar-refractivity contribution in [3.8, 4) is 0 Å². The number of aromatic nitrogens is 1. The summed E-state index contributed by atoms with van der Waals surface area (Å²) in [5.74, 6) is -4.20. The highest BCUT2D eigenvalue weighted by Gasteiger charge is 2.52. The molecular formula is C16H17BClF3N2O2S. The molecule has 0 unspecified atom stereocenters. The van der Waals surface area contributed by atoms with Gasteiger partial charge in [-0.25, -0.2) is 18.2 Å². The fraction of sp³-hybridized carbons (Fsp3) is 0.438. The molecule has 0 bridgehead atoms. The van der Waals surface area contributed by atoms with Crippen molar-refractivity contribution in [3.63, 3.8) is 0 Å². The van der Waals surface area contributed by atoms with Crippen molar-refractivity contribution in [2.45, 2.75) is 45.4 Å². The molecule has 10 heteroatoms. The third-order valence-electron chi connectivity index (χ3n) is 4.66. The second-order valence-electron chi connectivity index (χ2n) is 6.97. The van der Waals surface area contributed by atoms with Gasteiger partial charge >= 0.3 is 7.12 Å². The average molecular weight is 405 g/mol. The lowest BCUT2D eigenvalue weighted by atomic mass is 9.77. The minimum atomic E-state index is -1.56. The topological polar surface area (TPSA) is 43.4 Å². The molecule has 0 spiro atoms. The normalized spacial score (nSPS) is 18.4. The Kier molecular flexibility index (Phi) is 5.02.